The molecule has 0 aromatic heterocycles. The third-order valence-electron chi connectivity index (χ3n) is 4.33. The zero-order valence-electron chi connectivity index (χ0n) is 15.4. The average Bonchev–Trinajstić information content (AvgIpc) is 2.68. The lowest BCUT2D eigenvalue weighted by molar-refractivity contribution is -0.137. The Morgan fingerprint density at radius 3 is 2.50 bits per heavy atom. The molecule has 3 atom stereocenters. The van der Waals surface area contributed by atoms with E-state index in [1.807, 2.05) is 18.2 Å². The fourth-order valence-electron chi connectivity index (χ4n) is 2.78. The maximum atomic E-state index is 12.6. The third-order valence-corrected chi connectivity index (χ3v) is 5.65. The largest absolute Gasteiger partial charge is 0.416 e. The zero-order valence-corrected chi connectivity index (χ0v) is 16.9. The Morgan fingerprint density at radius 2 is 1.90 bits per heavy atom. The Morgan fingerprint density at radius 1 is 1.20 bits per heavy atom. The number of benzene rings is 2. The van der Waals surface area contributed by atoms with E-state index < -0.39 is 41.3 Å². The number of amides is 2. The first-order valence-electron chi connectivity index (χ1n) is 8.79. The lowest BCUT2D eigenvalue weighted by Gasteiger charge is -2.35. The molecule has 2 amide bonds. The summed E-state index contributed by atoms with van der Waals surface area (Å²) < 4.78 is 37.9. The summed E-state index contributed by atoms with van der Waals surface area (Å²) >= 11 is 7.34. The first-order valence-corrected chi connectivity index (χ1v) is 10.2. The van der Waals surface area contributed by atoms with E-state index in [2.05, 4.69) is 16.0 Å². The molecular formula is C19H18ClF3N4O2S. The van der Waals surface area contributed by atoms with Crippen molar-refractivity contribution in [2.75, 3.05) is 0 Å². The number of alkyl halides is 3. The minimum atomic E-state index is -4.50. The van der Waals surface area contributed by atoms with Gasteiger partial charge in [-0.15, -0.1) is 11.8 Å². The lowest BCUT2D eigenvalue weighted by atomic mass is 10.1. The number of nitrogens with one attached hydrogen (secondary N) is 3. The smallest absolute Gasteiger partial charge is 0.338 e. The number of carbonyl (C=O) groups excluding carboxylic acids is 2. The van der Waals surface area contributed by atoms with Crippen molar-refractivity contribution < 1.29 is 22.8 Å². The van der Waals surface area contributed by atoms with Gasteiger partial charge in [0.25, 0.3) is 5.91 Å². The summed E-state index contributed by atoms with van der Waals surface area (Å²) in [4.78, 5) is 24.7. The van der Waals surface area contributed by atoms with Crippen molar-refractivity contribution in [3.8, 4) is 0 Å². The van der Waals surface area contributed by atoms with Crippen LogP contribution in [0, 0.1) is 0 Å². The third kappa shape index (κ3) is 5.66. The molecule has 11 heteroatoms. The maximum absolute atomic E-state index is 12.6. The van der Waals surface area contributed by atoms with Crippen LogP contribution in [-0.4, -0.2) is 29.5 Å². The molecule has 0 aliphatic carbocycles. The number of rotatable bonds is 5. The molecule has 0 saturated carbocycles. The van der Waals surface area contributed by atoms with E-state index in [0.29, 0.717) is 10.8 Å². The fraction of sp³-hybridized carbons (Fsp3) is 0.263. The second-order valence-electron chi connectivity index (χ2n) is 6.55. The van der Waals surface area contributed by atoms with Crippen molar-refractivity contribution >= 4 is 35.2 Å². The summed E-state index contributed by atoms with van der Waals surface area (Å²) in [5.41, 5.74) is 5.60. The summed E-state index contributed by atoms with van der Waals surface area (Å²) in [6, 6.07) is 9.90. The van der Waals surface area contributed by atoms with Gasteiger partial charge in [0.1, 0.15) is 11.5 Å². The van der Waals surface area contributed by atoms with Gasteiger partial charge in [-0.1, -0.05) is 23.7 Å². The number of nitrogens with two attached hydrogens (primary N) is 1. The van der Waals surface area contributed by atoms with Gasteiger partial charge in [-0.25, -0.2) is 0 Å². The van der Waals surface area contributed by atoms with Crippen molar-refractivity contribution in [2.45, 2.75) is 29.6 Å². The van der Waals surface area contributed by atoms with Crippen LogP contribution in [0.15, 0.2) is 48.5 Å². The molecule has 0 bridgehead atoms. The van der Waals surface area contributed by atoms with Gasteiger partial charge in [0.05, 0.1) is 11.7 Å². The van der Waals surface area contributed by atoms with Crippen molar-refractivity contribution in [3.05, 3.63) is 70.2 Å². The lowest BCUT2D eigenvalue weighted by Crippen LogP contribution is -2.70. The highest BCUT2D eigenvalue weighted by molar-refractivity contribution is 7.99. The quantitative estimate of drug-likeness (QED) is 0.552. The van der Waals surface area contributed by atoms with Gasteiger partial charge in [-0.3, -0.25) is 14.9 Å². The van der Waals surface area contributed by atoms with Gasteiger partial charge in [0.2, 0.25) is 5.91 Å². The van der Waals surface area contributed by atoms with Crippen molar-refractivity contribution in [1.29, 1.82) is 0 Å². The summed E-state index contributed by atoms with van der Waals surface area (Å²) in [5, 5.41) is 8.74. The highest BCUT2D eigenvalue weighted by Gasteiger charge is 2.35. The number of hydrogen-bond acceptors (Lipinski definition) is 5. The second kappa shape index (κ2) is 9.25. The zero-order chi connectivity index (χ0) is 21.9. The summed E-state index contributed by atoms with van der Waals surface area (Å²) in [7, 11) is 0. The van der Waals surface area contributed by atoms with Crippen molar-refractivity contribution in [2.24, 2.45) is 5.73 Å². The van der Waals surface area contributed by atoms with Crippen LogP contribution in [0.1, 0.15) is 21.5 Å². The molecule has 30 heavy (non-hydrogen) atoms. The van der Waals surface area contributed by atoms with Gasteiger partial charge >= 0.3 is 6.18 Å². The molecule has 1 aliphatic heterocycles. The van der Waals surface area contributed by atoms with Crippen LogP contribution in [0.5, 0.6) is 0 Å². The Balaban J connectivity index is 1.56. The van der Waals surface area contributed by atoms with Gasteiger partial charge in [0, 0.05) is 16.3 Å². The molecule has 160 valence electrons. The van der Waals surface area contributed by atoms with Crippen LogP contribution in [-0.2, 0) is 16.7 Å². The molecule has 1 heterocycles. The highest BCUT2D eigenvalue weighted by atomic mass is 35.5. The number of carbonyl (C=O) groups is 2. The maximum Gasteiger partial charge on any atom is 0.416 e. The van der Waals surface area contributed by atoms with Crippen molar-refractivity contribution in [3.63, 3.8) is 0 Å². The van der Waals surface area contributed by atoms with Gasteiger partial charge in [-0.05, 0) is 42.0 Å². The van der Waals surface area contributed by atoms with Crippen molar-refractivity contribution in [1.82, 2.24) is 16.0 Å². The Labute approximate surface area is 179 Å². The van der Waals surface area contributed by atoms with E-state index in [0.717, 1.165) is 29.8 Å². The minimum absolute atomic E-state index is 0.0135. The van der Waals surface area contributed by atoms with Crippen LogP contribution in [0.3, 0.4) is 0 Å². The normalized spacial score (nSPS) is 21.8. The number of thioether (sulfide) groups is 1. The topological polar surface area (TPSA) is 96.2 Å². The molecule has 3 unspecified atom stereocenters. The molecule has 6 nitrogen and oxygen atoms in total. The van der Waals surface area contributed by atoms with E-state index in [1.165, 1.54) is 11.8 Å². The molecule has 0 radical (unpaired) electrons. The molecule has 0 spiro atoms. The van der Waals surface area contributed by atoms with Gasteiger partial charge in [-0.2, -0.15) is 13.2 Å². The molecule has 5 N–H and O–H groups in total. The van der Waals surface area contributed by atoms with Crippen LogP contribution in [0.25, 0.3) is 0 Å². The van der Waals surface area contributed by atoms with Crippen LogP contribution in [0.2, 0.25) is 5.02 Å². The Kier molecular flexibility index (Phi) is 6.91. The molecule has 1 fully saturated rings. The molecule has 2 aromatic carbocycles. The predicted molar refractivity (Wildman–Crippen MR) is 108 cm³/mol. The predicted octanol–water partition coefficient (Wildman–Crippen LogP) is 2.68. The minimum Gasteiger partial charge on any atom is -0.338 e. The summed E-state index contributed by atoms with van der Waals surface area (Å²) in [6.07, 6.45) is -5.38. The average molecular weight is 459 g/mol. The summed E-state index contributed by atoms with van der Waals surface area (Å²) in [5.74, 6) is -0.635. The van der Waals surface area contributed by atoms with Crippen LogP contribution >= 0.6 is 23.4 Å². The SMILES string of the molecule is NC1NC(SCc2cccc(Cl)c2)NC(=O)C1NC(=O)c1ccc(C(F)(F)F)cc1. The fourth-order valence-corrected chi connectivity index (χ4v) is 3.99. The highest BCUT2D eigenvalue weighted by Crippen LogP contribution is 2.29. The Hall–Kier alpha value is -2.27. The van der Waals surface area contributed by atoms with E-state index in [4.69, 9.17) is 17.3 Å². The second-order valence-corrected chi connectivity index (χ2v) is 8.08. The first kappa shape index (κ1) is 22.4. The molecular weight excluding hydrogens is 441 g/mol. The van der Waals surface area contributed by atoms with Crippen LogP contribution in [0.4, 0.5) is 13.2 Å². The molecule has 2 aromatic rings. The first-order chi connectivity index (χ1) is 14.1. The van der Waals surface area contributed by atoms with E-state index >= 15 is 0 Å². The molecule has 1 saturated heterocycles. The van der Waals surface area contributed by atoms with Crippen LogP contribution < -0.4 is 21.7 Å². The van der Waals surface area contributed by atoms with Gasteiger partial charge in [0.15, 0.2) is 0 Å². The van der Waals surface area contributed by atoms with Gasteiger partial charge < -0.3 is 16.4 Å². The van der Waals surface area contributed by atoms with E-state index in [1.54, 1.807) is 6.07 Å². The van der Waals surface area contributed by atoms with E-state index in [-0.39, 0.29) is 5.56 Å². The number of hydrogen-bond donors (Lipinski definition) is 4. The summed E-state index contributed by atoms with van der Waals surface area (Å²) in [6.45, 7) is 0. The monoisotopic (exact) mass is 458 g/mol. The number of halogens is 4. The Bertz CT molecular complexity index is 927. The standard InChI is InChI=1S/C19H18ClF3N4O2S/c20-13-3-1-2-10(8-13)9-30-18-26-15(24)14(17(29)27-18)25-16(28)11-4-6-12(7-5-11)19(21,22)23/h1-8,14-15,18,26H,9,24H2,(H,25,28)(H,27,29). The molecule has 3 rings (SSSR count). The molecule has 1 aliphatic rings. The van der Waals surface area contributed by atoms with E-state index in [9.17, 15) is 22.8 Å².